The van der Waals surface area contributed by atoms with E-state index in [1.807, 2.05) is 35.2 Å². The molecule has 7 nitrogen and oxygen atoms in total. The fraction of sp³-hybridized carbons (Fsp3) is 0.381. The molecular weight excluding hydrogens is 356 g/mol. The molecule has 3 saturated heterocycles. The topological polar surface area (TPSA) is 74.8 Å². The Morgan fingerprint density at radius 2 is 2.07 bits per heavy atom. The first-order valence-corrected chi connectivity index (χ1v) is 9.61. The Bertz CT molecular complexity index is 934. The number of pyridine rings is 1. The molecule has 7 heteroatoms. The van der Waals surface area contributed by atoms with Gasteiger partial charge in [0.15, 0.2) is 5.72 Å². The maximum absolute atomic E-state index is 13.3. The van der Waals surface area contributed by atoms with Crippen molar-refractivity contribution in [3.63, 3.8) is 0 Å². The number of aromatic nitrogens is 1. The molecule has 1 N–H and O–H groups in total. The number of carbonyl (C=O) groups excluding carboxylic acids is 2. The third kappa shape index (κ3) is 2.36. The molecule has 0 unspecified atom stereocenters. The van der Waals surface area contributed by atoms with Gasteiger partial charge in [-0.05, 0) is 17.7 Å². The van der Waals surface area contributed by atoms with Crippen molar-refractivity contribution < 1.29 is 14.3 Å². The summed E-state index contributed by atoms with van der Waals surface area (Å²) in [7, 11) is 1.75. The summed E-state index contributed by atoms with van der Waals surface area (Å²) in [5.41, 5.74) is 0.868. The van der Waals surface area contributed by atoms with Crippen LogP contribution in [0.15, 0.2) is 48.7 Å². The summed E-state index contributed by atoms with van der Waals surface area (Å²) in [5.74, 6) is 0.492. The third-order valence-electron chi connectivity index (χ3n) is 6.14. The van der Waals surface area contributed by atoms with E-state index < -0.39 is 5.72 Å². The van der Waals surface area contributed by atoms with Gasteiger partial charge in [0.1, 0.15) is 11.9 Å². The molecule has 3 aliphatic rings. The average Bonchev–Trinajstić information content (AvgIpc) is 3.36. The van der Waals surface area contributed by atoms with Crippen LogP contribution in [0.1, 0.15) is 34.9 Å². The molecule has 0 aliphatic carbocycles. The fourth-order valence-electron chi connectivity index (χ4n) is 4.84. The van der Waals surface area contributed by atoms with Gasteiger partial charge in [0.05, 0.1) is 24.6 Å². The molecule has 1 aromatic carbocycles. The van der Waals surface area contributed by atoms with Crippen LogP contribution in [0.3, 0.4) is 0 Å². The van der Waals surface area contributed by atoms with E-state index >= 15 is 0 Å². The largest absolute Gasteiger partial charge is 0.372 e. The van der Waals surface area contributed by atoms with Gasteiger partial charge in [0.25, 0.3) is 5.91 Å². The van der Waals surface area contributed by atoms with Crippen LogP contribution in [0, 0.1) is 0 Å². The zero-order chi connectivity index (χ0) is 19.3. The second-order valence-electron chi connectivity index (χ2n) is 7.48. The summed E-state index contributed by atoms with van der Waals surface area (Å²) in [6.07, 6.45) is 2.43. The van der Waals surface area contributed by atoms with E-state index in [-0.39, 0.29) is 24.0 Å². The summed E-state index contributed by atoms with van der Waals surface area (Å²) in [6, 6.07) is 13.2. The van der Waals surface area contributed by atoms with Crippen LogP contribution >= 0.6 is 0 Å². The number of hydrogen-bond acceptors (Lipinski definition) is 5. The smallest absolute Gasteiger partial charge is 0.258 e. The Morgan fingerprint density at radius 3 is 2.86 bits per heavy atom. The Hall–Kier alpha value is -2.93. The predicted octanol–water partition coefficient (Wildman–Crippen LogP) is 2.04. The van der Waals surface area contributed by atoms with E-state index in [2.05, 4.69) is 10.3 Å². The molecule has 0 bridgehead atoms. The quantitative estimate of drug-likeness (QED) is 0.885. The Balaban J connectivity index is 1.45. The molecule has 2 amide bonds. The summed E-state index contributed by atoms with van der Waals surface area (Å²) in [6.45, 7) is 1.10. The first-order chi connectivity index (χ1) is 13.6. The van der Waals surface area contributed by atoms with Gasteiger partial charge < -0.3 is 19.9 Å². The minimum absolute atomic E-state index is 0.0564. The molecule has 144 valence electrons. The normalized spacial score (nSPS) is 28.4. The second-order valence-corrected chi connectivity index (χ2v) is 7.48. The highest BCUT2D eigenvalue weighted by Gasteiger charge is 2.65. The molecule has 1 spiro atoms. The number of anilines is 1. The number of benzene rings is 1. The lowest BCUT2D eigenvalue weighted by Gasteiger charge is -2.32. The van der Waals surface area contributed by atoms with Crippen LogP contribution in [0.5, 0.6) is 0 Å². The van der Waals surface area contributed by atoms with Gasteiger partial charge in [-0.3, -0.25) is 9.59 Å². The van der Waals surface area contributed by atoms with Gasteiger partial charge >= 0.3 is 0 Å². The lowest BCUT2D eigenvalue weighted by atomic mass is 10.1. The molecule has 3 fully saturated rings. The molecule has 0 radical (unpaired) electrons. The highest BCUT2D eigenvalue weighted by Crippen LogP contribution is 2.50. The van der Waals surface area contributed by atoms with Gasteiger partial charge in [-0.15, -0.1) is 0 Å². The SMILES string of the molecule is CNc1ncccc1C(=O)N1CC[C@@]23O[C@@H](c4ccccc4)CN2C(=O)C[C@@H]13. The van der Waals surface area contributed by atoms with Crippen molar-refractivity contribution in [3.8, 4) is 0 Å². The molecule has 0 saturated carbocycles. The number of nitrogens with zero attached hydrogens (tertiary/aromatic N) is 3. The van der Waals surface area contributed by atoms with Crippen LogP contribution in [-0.2, 0) is 9.53 Å². The number of nitrogens with one attached hydrogen (secondary N) is 1. The number of likely N-dealkylation sites (tertiary alicyclic amines) is 1. The number of ether oxygens (including phenoxy) is 1. The van der Waals surface area contributed by atoms with Crippen LogP contribution in [0.4, 0.5) is 5.82 Å². The van der Waals surface area contributed by atoms with Crippen LogP contribution < -0.4 is 5.32 Å². The molecule has 28 heavy (non-hydrogen) atoms. The van der Waals surface area contributed by atoms with E-state index in [9.17, 15) is 9.59 Å². The van der Waals surface area contributed by atoms with E-state index in [0.717, 1.165) is 5.56 Å². The van der Waals surface area contributed by atoms with Crippen LogP contribution in [-0.4, -0.2) is 58.5 Å². The molecule has 1 aromatic heterocycles. The molecule has 2 aromatic rings. The van der Waals surface area contributed by atoms with Crippen LogP contribution in [0.25, 0.3) is 0 Å². The highest BCUT2D eigenvalue weighted by atomic mass is 16.5. The first kappa shape index (κ1) is 17.2. The number of carbonyl (C=O) groups is 2. The lowest BCUT2D eigenvalue weighted by Crippen LogP contribution is -2.48. The Kier molecular flexibility index (Phi) is 3.87. The lowest BCUT2D eigenvalue weighted by molar-refractivity contribution is -0.138. The van der Waals surface area contributed by atoms with Crippen molar-refractivity contribution in [1.29, 1.82) is 0 Å². The number of hydrogen-bond donors (Lipinski definition) is 1. The van der Waals surface area contributed by atoms with E-state index in [1.54, 1.807) is 30.3 Å². The summed E-state index contributed by atoms with van der Waals surface area (Å²) in [5, 5.41) is 2.97. The highest BCUT2D eigenvalue weighted by molar-refractivity contribution is 5.99. The van der Waals surface area contributed by atoms with Gasteiger partial charge in [-0.2, -0.15) is 0 Å². The average molecular weight is 378 g/mol. The summed E-state index contributed by atoms with van der Waals surface area (Å²) >= 11 is 0. The Morgan fingerprint density at radius 1 is 1.25 bits per heavy atom. The van der Waals surface area contributed by atoms with Crippen LogP contribution in [0.2, 0.25) is 0 Å². The minimum Gasteiger partial charge on any atom is -0.372 e. The molecule has 4 heterocycles. The molecule has 5 rings (SSSR count). The van der Waals surface area contributed by atoms with Crippen molar-refractivity contribution >= 4 is 17.6 Å². The van der Waals surface area contributed by atoms with E-state index in [4.69, 9.17) is 4.74 Å². The molecule has 3 aliphatic heterocycles. The van der Waals surface area contributed by atoms with Crippen molar-refractivity contribution in [2.45, 2.75) is 30.7 Å². The number of rotatable bonds is 3. The van der Waals surface area contributed by atoms with Gasteiger partial charge in [0, 0.05) is 26.2 Å². The Labute approximate surface area is 163 Å². The first-order valence-electron chi connectivity index (χ1n) is 9.61. The zero-order valence-electron chi connectivity index (χ0n) is 15.7. The fourth-order valence-corrected chi connectivity index (χ4v) is 4.84. The zero-order valence-corrected chi connectivity index (χ0v) is 15.7. The third-order valence-corrected chi connectivity index (χ3v) is 6.14. The monoisotopic (exact) mass is 378 g/mol. The summed E-state index contributed by atoms with van der Waals surface area (Å²) < 4.78 is 6.51. The number of amides is 2. The molecule has 3 atom stereocenters. The van der Waals surface area contributed by atoms with Gasteiger partial charge in [-0.1, -0.05) is 30.3 Å². The van der Waals surface area contributed by atoms with Gasteiger partial charge in [-0.25, -0.2) is 4.98 Å². The van der Waals surface area contributed by atoms with E-state index in [0.29, 0.717) is 37.3 Å². The standard InChI is InChI=1S/C21H22N4O3/c1-22-19-15(8-5-10-23-19)20(27)24-11-9-21-17(24)12-18(26)25(21)13-16(28-21)14-6-3-2-4-7-14/h2-8,10,16-17H,9,11-13H2,1H3,(H,22,23)/t16-,17-,21+/m1/s1. The summed E-state index contributed by atoms with van der Waals surface area (Å²) in [4.78, 5) is 33.9. The minimum atomic E-state index is -0.713. The molecular formula is C21H22N4O3. The van der Waals surface area contributed by atoms with Crippen molar-refractivity contribution in [2.24, 2.45) is 0 Å². The van der Waals surface area contributed by atoms with Crippen molar-refractivity contribution in [3.05, 3.63) is 59.8 Å². The van der Waals surface area contributed by atoms with E-state index in [1.165, 1.54) is 0 Å². The van der Waals surface area contributed by atoms with Crippen molar-refractivity contribution in [2.75, 3.05) is 25.5 Å². The second kappa shape index (κ2) is 6.31. The maximum Gasteiger partial charge on any atom is 0.258 e. The predicted molar refractivity (Wildman–Crippen MR) is 103 cm³/mol. The van der Waals surface area contributed by atoms with Crippen molar-refractivity contribution in [1.82, 2.24) is 14.8 Å². The van der Waals surface area contributed by atoms with Gasteiger partial charge in [0.2, 0.25) is 5.91 Å². The maximum atomic E-state index is 13.3.